The molecule has 1 aromatic rings. The van der Waals surface area contributed by atoms with Crippen molar-refractivity contribution in [1.82, 2.24) is 15.4 Å². The SMILES string of the molecule is CC(C)(C)OC(=O)NCC(=O)NCC(NS(=O)(=O)c1ccccc1)C(=O)O. The highest BCUT2D eigenvalue weighted by Gasteiger charge is 2.26. The molecule has 11 heteroatoms. The second kappa shape index (κ2) is 9.33. The lowest BCUT2D eigenvalue weighted by Gasteiger charge is -2.19. The number of hydrogen-bond acceptors (Lipinski definition) is 6. The van der Waals surface area contributed by atoms with E-state index in [1.54, 1.807) is 26.8 Å². The summed E-state index contributed by atoms with van der Waals surface area (Å²) in [4.78, 5) is 34.4. The number of benzene rings is 1. The van der Waals surface area contributed by atoms with E-state index in [4.69, 9.17) is 4.74 Å². The number of sulfonamides is 1. The van der Waals surface area contributed by atoms with E-state index < -0.39 is 52.7 Å². The molecule has 0 heterocycles. The first-order chi connectivity index (χ1) is 12.4. The van der Waals surface area contributed by atoms with Crippen molar-refractivity contribution in [3.8, 4) is 0 Å². The Morgan fingerprint density at radius 1 is 1.11 bits per heavy atom. The highest BCUT2D eigenvalue weighted by Crippen LogP contribution is 2.08. The number of aliphatic carboxylic acids is 1. The molecule has 1 atom stereocenters. The molecule has 0 spiro atoms. The van der Waals surface area contributed by atoms with Crippen LogP contribution in [0.5, 0.6) is 0 Å². The van der Waals surface area contributed by atoms with Crippen molar-refractivity contribution >= 4 is 28.0 Å². The molecule has 0 saturated carbocycles. The average molecular weight is 401 g/mol. The third kappa shape index (κ3) is 8.51. The number of rotatable bonds is 8. The third-order valence-corrected chi connectivity index (χ3v) is 4.43. The lowest BCUT2D eigenvalue weighted by atomic mass is 10.2. The van der Waals surface area contributed by atoms with E-state index in [-0.39, 0.29) is 4.90 Å². The molecule has 4 N–H and O–H groups in total. The molecule has 0 aliphatic carbocycles. The van der Waals surface area contributed by atoms with Crippen LogP contribution in [-0.2, 0) is 24.3 Å². The molecule has 0 aliphatic heterocycles. The Morgan fingerprint density at radius 2 is 1.70 bits per heavy atom. The Hall–Kier alpha value is -2.66. The third-order valence-electron chi connectivity index (χ3n) is 2.94. The smallest absolute Gasteiger partial charge is 0.408 e. The van der Waals surface area contributed by atoms with Gasteiger partial charge in [0.2, 0.25) is 15.9 Å². The Balaban J connectivity index is 2.57. The predicted molar refractivity (Wildman–Crippen MR) is 95.4 cm³/mol. The van der Waals surface area contributed by atoms with Crippen LogP contribution < -0.4 is 15.4 Å². The van der Waals surface area contributed by atoms with Crippen LogP contribution in [0.25, 0.3) is 0 Å². The second-order valence-corrected chi connectivity index (χ2v) is 8.20. The maximum Gasteiger partial charge on any atom is 0.408 e. The minimum Gasteiger partial charge on any atom is -0.480 e. The Bertz CT molecular complexity index is 773. The maximum atomic E-state index is 12.2. The van der Waals surface area contributed by atoms with E-state index in [9.17, 15) is 27.9 Å². The molecule has 1 aromatic carbocycles. The standard InChI is InChI=1S/C16H23N3O7S/c1-16(2,3)26-15(23)18-10-13(20)17-9-12(14(21)22)19-27(24,25)11-7-5-4-6-8-11/h4-8,12,19H,9-10H2,1-3H3,(H,17,20)(H,18,23)(H,21,22). The fraction of sp³-hybridized carbons (Fsp3) is 0.438. The zero-order valence-electron chi connectivity index (χ0n) is 15.2. The Morgan fingerprint density at radius 3 is 2.22 bits per heavy atom. The molecule has 1 rings (SSSR count). The van der Waals surface area contributed by atoms with Crippen LogP contribution in [0, 0.1) is 0 Å². The number of carboxylic acid groups (broad SMARTS) is 1. The summed E-state index contributed by atoms with van der Waals surface area (Å²) in [6.45, 7) is 4.01. The molecular formula is C16H23N3O7S. The Labute approximate surface area is 157 Å². The van der Waals surface area contributed by atoms with Gasteiger partial charge in [0.1, 0.15) is 11.6 Å². The van der Waals surface area contributed by atoms with Crippen molar-refractivity contribution in [2.45, 2.75) is 37.3 Å². The molecule has 2 amide bonds. The maximum absolute atomic E-state index is 12.2. The molecule has 0 aromatic heterocycles. The first kappa shape index (κ1) is 22.4. The molecule has 0 radical (unpaired) electrons. The molecule has 150 valence electrons. The number of ether oxygens (including phenoxy) is 1. The number of hydrogen-bond donors (Lipinski definition) is 4. The fourth-order valence-corrected chi connectivity index (χ4v) is 2.99. The number of amides is 2. The predicted octanol–water partition coefficient (Wildman–Crippen LogP) is 0.0590. The van der Waals surface area contributed by atoms with Crippen LogP contribution in [0.3, 0.4) is 0 Å². The van der Waals surface area contributed by atoms with E-state index in [1.165, 1.54) is 24.3 Å². The topological polar surface area (TPSA) is 151 Å². The van der Waals surface area contributed by atoms with Gasteiger partial charge in [-0.3, -0.25) is 9.59 Å². The van der Waals surface area contributed by atoms with Crippen LogP contribution in [0.4, 0.5) is 4.79 Å². The number of carboxylic acids is 1. The molecule has 10 nitrogen and oxygen atoms in total. The van der Waals surface area contributed by atoms with Gasteiger partial charge in [0, 0.05) is 6.54 Å². The van der Waals surface area contributed by atoms with E-state index in [0.717, 1.165) is 0 Å². The van der Waals surface area contributed by atoms with Crippen molar-refractivity contribution in [3.05, 3.63) is 30.3 Å². The molecule has 0 bridgehead atoms. The first-order valence-electron chi connectivity index (χ1n) is 7.94. The summed E-state index contributed by atoms with van der Waals surface area (Å²) in [6.07, 6.45) is -0.808. The van der Waals surface area contributed by atoms with E-state index in [1.807, 2.05) is 4.72 Å². The van der Waals surface area contributed by atoms with Crippen LogP contribution in [-0.4, -0.2) is 56.2 Å². The summed E-state index contributed by atoms with van der Waals surface area (Å²) >= 11 is 0. The molecule has 27 heavy (non-hydrogen) atoms. The summed E-state index contributed by atoms with van der Waals surface area (Å²) in [5.41, 5.74) is -0.731. The summed E-state index contributed by atoms with van der Waals surface area (Å²) in [5, 5.41) is 13.6. The fourth-order valence-electron chi connectivity index (χ4n) is 1.78. The van der Waals surface area contributed by atoms with E-state index in [2.05, 4.69) is 10.6 Å². The molecule has 0 aliphatic rings. The lowest BCUT2D eigenvalue weighted by molar-refractivity contribution is -0.138. The Kier molecular flexibility index (Phi) is 7.73. The normalized spacial score (nSPS) is 12.7. The number of nitrogens with one attached hydrogen (secondary N) is 3. The summed E-state index contributed by atoms with van der Waals surface area (Å²) in [7, 11) is -4.07. The van der Waals surface area contributed by atoms with Gasteiger partial charge < -0.3 is 20.5 Å². The van der Waals surface area contributed by atoms with Gasteiger partial charge in [0.05, 0.1) is 11.4 Å². The van der Waals surface area contributed by atoms with Gasteiger partial charge in [-0.15, -0.1) is 0 Å². The van der Waals surface area contributed by atoms with Gasteiger partial charge in [0.15, 0.2) is 0 Å². The van der Waals surface area contributed by atoms with Crippen molar-refractivity contribution in [1.29, 1.82) is 0 Å². The number of carbonyl (C=O) groups is 3. The minimum absolute atomic E-state index is 0.103. The minimum atomic E-state index is -4.07. The van der Waals surface area contributed by atoms with Gasteiger partial charge >= 0.3 is 12.1 Å². The van der Waals surface area contributed by atoms with Gasteiger partial charge in [0.25, 0.3) is 0 Å². The quantitative estimate of drug-likeness (QED) is 0.481. The van der Waals surface area contributed by atoms with Crippen molar-refractivity contribution in [2.75, 3.05) is 13.1 Å². The van der Waals surface area contributed by atoms with Crippen molar-refractivity contribution < 1.29 is 32.6 Å². The largest absolute Gasteiger partial charge is 0.480 e. The summed E-state index contributed by atoms with van der Waals surface area (Å²) < 4.78 is 31.3. The monoisotopic (exact) mass is 401 g/mol. The lowest BCUT2D eigenvalue weighted by Crippen LogP contribution is -2.50. The zero-order valence-corrected chi connectivity index (χ0v) is 16.0. The van der Waals surface area contributed by atoms with Crippen LogP contribution in [0.1, 0.15) is 20.8 Å². The molecule has 1 unspecified atom stereocenters. The van der Waals surface area contributed by atoms with Crippen LogP contribution in [0.15, 0.2) is 35.2 Å². The van der Waals surface area contributed by atoms with Gasteiger partial charge in [-0.05, 0) is 32.9 Å². The average Bonchev–Trinajstić information content (AvgIpc) is 2.55. The molecular weight excluding hydrogens is 378 g/mol. The van der Waals surface area contributed by atoms with Crippen LogP contribution >= 0.6 is 0 Å². The van der Waals surface area contributed by atoms with E-state index in [0.29, 0.717) is 0 Å². The molecule has 0 fully saturated rings. The first-order valence-corrected chi connectivity index (χ1v) is 9.43. The van der Waals surface area contributed by atoms with Gasteiger partial charge in [-0.25, -0.2) is 13.2 Å². The zero-order chi connectivity index (χ0) is 20.7. The highest BCUT2D eigenvalue weighted by molar-refractivity contribution is 7.89. The number of carbonyl (C=O) groups excluding carboxylic acids is 2. The summed E-state index contributed by atoms with van der Waals surface area (Å²) in [6, 6.07) is 5.64. The van der Waals surface area contributed by atoms with Gasteiger partial charge in [-0.1, -0.05) is 18.2 Å². The van der Waals surface area contributed by atoms with E-state index >= 15 is 0 Å². The highest BCUT2D eigenvalue weighted by atomic mass is 32.2. The van der Waals surface area contributed by atoms with Crippen molar-refractivity contribution in [3.63, 3.8) is 0 Å². The molecule has 0 saturated heterocycles. The second-order valence-electron chi connectivity index (χ2n) is 6.48. The van der Waals surface area contributed by atoms with Gasteiger partial charge in [-0.2, -0.15) is 4.72 Å². The van der Waals surface area contributed by atoms with Crippen molar-refractivity contribution in [2.24, 2.45) is 0 Å². The summed E-state index contributed by atoms with van der Waals surface area (Å²) in [5.74, 6) is -2.17. The number of alkyl carbamates (subject to hydrolysis) is 1. The van der Waals surface area contributed by atoms with Crippen LogP contribution in [0.2, 0.25) is 0 Å².